The molecule has 34 heavy (non-hydrogen) atoms. The SMILES string of the molecule is COC(=O)c1ccc(COc2nnc(NC(=O)c3ccncc3-c3ccccc3OC)s2)cc1. The molecule has 1 N–H and O–H groups in total. The van der Waals surface area contributed by atoms with Crippen LogP contribution < -0.4 is 14.8 Å². The molecular formula is C24H20N4O5S. The van der Waals surface area contributed by atoms with Gasteiger partial charge in [0.25, 0.3) is 11.1 Å². The first kappa shape index (κ1) is 22.9. The summed E-state index contributed by atoms with van der Waals surface area (Å²) in [7, 11) is 2.91. The van der Waals surface area contributed by atoms with Crippen molar-refractivity contribution in [2.75, 3.05) is 19.5 Å². The number of amides is 1. The van der Waals surface area contributed by atoms with Gasteiger partial charge in [0.15, 0.2) is 0 Å². The highest BCUT2D eigenvalue weighted by Gasteiger charge is 2.18. The Morgan fingerprint density at radius 1 is 0.971 bits per heavy atom. The van der Waals surface area contributed by atoms with Crippen molar-refractivity contribution < 1.29 is 23.8 Å². The Balaban J connectivity index is 1.43. The van der Waals surface area contributed by atoms with Crippen LogP contribution in [-0.2, 0) is 11.3 Å². The molecule has 0 saturated carbocycles. The Hall–Kier alpha value is -4.31. The standard InChI is InChI=1S/C24H20N4O5S/c1-31-20-6-4-3-5-17(20)19-13-25-12-11-18(19)21(29)26-23-27-28-24(34-23)33-14-15-7-9-16(10-8-15)22(30)32-2/h3-13H,14H2,1-2H3,(H,26,27,29). The van der Waals surface area contributed by atoms with E-state index in [0.717, 1.165) is 22.5 Å². The minimum atomic E-state index is -0.403. The third kappa shape index (κ3) is 5.18. The Bertz CT molecular complexity index is 1310. The van der Waals surface area contributed by atoms with E-state index < -0.39 is 5.97 Å². The lowest BCUT2D eigenvalue weighted by molar-refractivity contribution is 0.0600. The van der Waals surface area contributed by atoms with Crippen LogP contribution in [0.5, 0.6) is 10.9 Å². The van der Waals surface area contributed by atoms with Gasteiger partial charge in [0, 0.05) is 23.5 Å². The zero-order valence-electron chi connectivity index (χ0n) is 18.3. The number of methoxy groups -OCH3 is 2. The number of anilines is 1. The van der Waals surface area contributed by atoms with E-state index in [1.54, 1.807) is 49.8 Å². The summed E-state index contributed by atoms with van der Waals surface area (Å²) in [6.45, 7) is 0.229. The summed E-state index contributed by atoms with van der Waals surface area (Å²) in [5, 5.41) is 11.3. The molecule has 4 rings (SSSR count). The topological polar surface area (TPSA) is 113 Å². The summed E-state index contributed by atoms with van der Waals surface area (Å²) in [5.41, 5.74) is 3.10. The summed E-state index contributed by atoms with van der Waals surface area (Å²) in [5.74, 6) is -0.125. The van der Waals surface area contributed by atoms with Crippen LogP contribution >= 0.6 is 11.3 Å². The number of para-hydroxylation sites is 1. The van der Waals surface area contributed by atoms with Crippen LogP contribution in [0.15, 0.2) is 67.0 Å². The zero-order chi connectivity index (χ0) is 23.9. The molecule has 2 aromatic carbocycles. The molecule has 10 heteroatoms. The van der Waals surface area contributed by atoms with Gasteiger partial charge < -0.3 is 14.2 Å². The second-order valence-corrected chi connectivity index (χ2v) is 7.87. The normalized spacial score (nSPS) is 10.4. The third-order valence-electron chi connectivity index (χ3n) is 4.83. The van der Waals surface area contributed by atoms with Crippen molar-refractivity contribution in [2.45, 2.75) is 6.61 Å². The van der Waals surface area contributed by atoms with E-state index in [9.17, 15) is 9.59 Å². The van der Waals surface area contributed by atoms with Gasteiger partial charge in [-0.15, -0.1) is 5.10 Å². The molecule has 4 aromatic rings. The highest BCUT2D eigenvalue weighted by molar-refractivity contribution is 7.17. The van der Waals surface area contributed by atoms with Crippen molar-refractivity contribution in [1.29, 1.82) is 0 Å². The maximum absolute atomic E-state index is 13.0. The highest BCUT2D eigenvalue weighted by Crippen LogP contribution is 2.32. The van der Waals surface area contributed by atoms with E-state index in [0.29, 0.717) is 32.8 Å². The van der Waals surface area contributed by atoms with E-state index in [4.69, 9.17) is 9.47 Å². The summed E-state index contributed by atoms with van der Waals surface area (Å²) >= 11 is 1.11. The van der Waals surface area contributed by atoms with Crippen LogP contribution in [0.1, 0.15) is 26.3 Å². The highest BCUT2D eigenvalue weighted by atomic mass is 32.1. The van der Waals surface area contributed by atoms with Crippen LogP contribution in [0, 0.1) is 0 Å². The van der Waals surface area contributed by atoms with Gasteiger partial charge in [0.05, 0.1) is 25.3 Å². The van der Waals surface area contributed by atoms with Crippen molar-refractivity contribution in [3.8, 4) is 22.1 Å². The van der Waals surface area contributed by atoms with Gasteiger partial charge in [0.2, 0.25) is 5.13 Å². The van der Waals surface area contributed by atoms with Crippen molar-refractivity contribution in [3.63, 3.8) is 0 Å². The fraction of sp³-hybridized carbons (Fsp3) is 0.125. The number of nitrogens with zero attached hydrogens (tertiary/aromatic N) is 3. The lowest BCUT2D eigenvalue weighted by Gasteiger charge is -2.11. The molecule has 1 amide bonds. The maximum atomic E-state index is 13.0. The van der Waals surface area contributed by atoms with Gasteiger partial charge >= 0.3 is 5.97 Å². The molecule has 9 nitrogen and oxygen atoms in total. The third-order valence-corrected chi connectivity index (χ3v) is 5.58. The van der Waals surface area contributed by atoms with Gasteiger partial charge in [-0.2, -0.15) is 0 Å². The van der Waals surface area contributed by atoms with Gasteiger partial charge in [-0.3, -0.25) is 15.1 Å². The van der Waals surface area contributed by atoms with Gasteiger partial charge in [-0.05, 0) is 41.2 Å². The lowest BCUT2D eigenvalue weighted by atomic mass is 10.0. The Morgan fingerprint density at radius 3 is 2.53 bits per heavy atom. The predicted octanol–water partition coefficient (Wildman–Crippen LogP) is 4.23. The van der Waals surface area contributed by atoms with Crippen molar-refractivity contribution >= 4 is 28.3 Å². The molecule has 0 fully saturated rings. The van der Waals surface area contributed by atoms with Crippen molar-refractivity contribution in [1.82, 2.24) is 15.2 Å². The molecule has 0 aliphatic rings. The first-order valence-corrected chi connectivity index (χ1v) is 10.9. The molecule has 0 aliphatic carbocycles. The Morgan fingerprint density at radius 2 is 1.76 bits per heavy atom. The Kier molecular flexibility index (Phi) is 7.09. The van der Waals surface area contributed by atoms with Crippen LogP contribution in [0.2, 0.25) is 0 Å². The van der Waals surface area contributed by atoms with Crippen LogP contribution in [0.25, 0.3) is 11.1 Å². The molecule has 0 bridgehead atoms. The molecule has 0 spiro atoms. The average molecular weight is 477 g/mol. The fourth-order valence-corrected chi connectivity index (χ4v) is 3.75. The zero-order valence-corrected chi connectivity index (χ0v) is 19.2. The number of pyridine rings is 1. The lowest BCUT2D eigenvalue weighted by Crippen LogP contribution is -2.13. The average Bonchev–Trinajstić information content (AvgIpc) is 3.34. The number of hydrogen-bond donors (Lipinski definition) is 1. The molecule has 0 atom stereocenters. The molecule has 0 saturated heterocycles. The van der Waals surface area contributed by atoms with Crippen LogP contribution in [-0.4, -0.2) is 41.3 Å². The number of rotatable bonds is 8. The maximum Gasteiger partial charge on any atom is 0.337 e. The number of nitrogens with one attached hydrogen (secondary N) is 1. The molecular weight excluding hydrogens is 456 g/mol. The molecule has 2 heterocycles. The largest absolute Gasteiger partial charge is 0.496 e. The minimum Gasteiger partial charge on any atom is -0.496 e. The van der Waals surface area contributed by atoms with Gasteiger partial charge in [-0.25, -0.2) is 4.79 Å². The first-order chi connectivity index (χ1) is 16.6. The van der Waals surface area contributed by atoms with E-state index in [1.807, 2.05) is 24.3 Å². The smallest absolute Gasteiger partial charge is 0.337 e. The molecule has 0 unspecified atom stereocenters. The van der Waals surface area contributed by atoms with E-state index in [1.165, 1.54) is 7.11 Å². The molecule has 0 radical (unpaired) electrons. The quantitative estimate of drug-likeness (QED) is 0.376. The van der Waals surface area contributed by atoms with Crippen molar-refractivity contribution in [3.05, 3.63) is 83.7 Å². The van der Waals surface area contributed by atoms with Gasteiger partial charge in [-0.1, -0.05) is 35.4 Å². The summed E-state index contributed by atoms with van der Waals surface area (Å²) < 4.78 is 15.8. The minimum absolute atomic E-state index is 0.229. The predicted molar refractivity (Wildman–Crippen MR) is 126 cm³/mol. The fourth-order valence-electron chi connectivity index (χ4n) is 3.16. The van der Waals surface area contributed by atoms with Gasteiger partial charge in [0.1, 0.15) is 12.4 Å². The second-order valence-electron chi connectivity index (χ2n) is 6.93. The molecule has 0 aliphatic heterocycles. The summed E-state index contributed by atoms with van der Waals surface area (Å²) in [4.78, 5) is 28.7. The first-order valence-electron chi connectivity index (χ1n) is 10.1. The van der Waals surface area contributed by atoms with Crippen LogP contribution in [0.4, 0.5) is 5.13 Å². The number of carbonyl (C=O) groups excluding carboxylic acids is 2. The number of ether oxygens (including phenoxy) is 3. The Labute approximate surface area is 199 Å². The van der Waals surface area contributed by atoms with E-state index in [-0.39, 0.29) is 12.5 Å². The second kappa shape index (κ2) is 10.5. The molecule has 2 aromatic heterocycles. The number of hydrogen-bond acceptors (Lipinski definition) is 9. The number of carbonyl (C=O) groups is 2. The van der Waals surface area contributed by atoms with Crippen molar-refractivity contribution in [2.24, 2.45) is 0 Å². The summed E-state index contributed by atoms with van der Waals surface area (Å²) in [6.07, 6.45) is 3.17. The number of benzene rings is 2. The summed E-state index contributed by atoms with van der Waals surface area (Å²) in [6, 6.07) is 15.9. The van der Waals surface area contributed by atoms with E-state index in [2.05, 4.69) is 25.2 Å². The number of aromatic nitrogens is 3. The van der Waals surface area contributed by atoms with E-state index >= 15 is 0 Å². The number of esters is 1. The van der Waals surface area contributed by atoms with Crippen LogP contribution in [0.3, 0.4) is 0 Å². The molecule has 172 valence electrons. The monoisotopic (exact) mass is 476 g/mol.